The summed E-state index contributed by atoms with van der Waals surface area (Å²) in [5, 5.41) is 3.11. The molecule has 0 spiro atoms. The summed E-state index contributed by atoms with van der Waals surface area (Å²) in [6.07, 6.45) is 2.12. The Morgan fingerprint density at radius 2 is 2.00 bits per heavy atom. The van der Waals surface area contributed by atoms with Gasteiger partial charge < -0.3 is 11.1 Å². The molecule has 0 aromatic heterocycles. The SMILES string of the molecule is CNCCC(CCN)NNC. The van der Waals surface area contributed by atoms with Crippen LogP contribution in [0.5, 0.6) is 0 Å². The smallest absolute Gasteiger partial charge is 0.0236 e. The Kier molecular flexibility index (Phi) is 7.83. The fraction of sp³-hybridized carbons (Fsp3) is 1.00. The van der Waals surface area contributed by atoms with Crippen LogP contribution in [0.3, 0.4) is 0 Å². The van der Waals surface area contributed by atoms with Crippen molar-refractivity contribution in [2.75, 3.05) is 27.2 Å². The highest BCUT2D eigenvalue weighted by molar-refractivity contribution is 4.65. The minimum absolute atomic E-state index is 0.484. The third-order valence-electron chi connectivity index (χ3n) is 1.61. The second kappa shape index (κ2) is 7.94. The minimum atomic E-state index is 0.484. The summed E-state index contributed by atoms with van der Waals surface area (Å²) < 4.78 is 0. The maximum atomic E-state index is 5.44. The third-order valence-corrected chi connectivity index (χ3v) is 1.61. The summed E-state index contributed by atoms with van der Waals surface area (Å²) in [4.78, 5) is 0. The van der Waals surface area contributed by atoms with Crippen molar-refractivity contribution in [2.24, 2.45) is 5.73 Å². The predicted molar refractivity (Wildman–Crippen MR) is 48.2 cm³/mol. The zero-order valence-corrected chi connectivity index (χ0v) is 7.48. The molecule has 0 radical (unpaired) electrons. The number of nitrogens with two attached hydrogens (primary N) is 1. The summed E-state index contributed by atoms with van der Waals surface area (Å²) in [6, 6.07) is 0.484. The molecular weight excluding hydrogens is 140 g/mol. The van der Waals surface area contributed by atoms with E-state index in [1.54, 1.807) is 0 Å². The van der Waals surface area contributed by atoms with E-state index >= 15 is 0 Å². The van der Waals surface area contributed by atoms with Gasteiger partial charge in [-0.15, -0.1) is 0 Å². The van der Waals surface area contributed by atoms with Crippen LogP contribution >= 0.6 is 0 Å². The highest BCUT2D eigenvalue weighted by Crippen LogP contribution is 1.93. The largest absolute Gasteiger partial charge is 0.330 e. The molecule has 0 aromatic carbocycles. The average molecular weight is 160 g/mol. The average Bonchev–Trinajstić information content (AvgIpc) is 2.01. The van der Waals surface area contributed by atoms with Gasteiger partial charge in [0.05, 0.1) is 0 Å². The molecule has 0 aliphatic carbocycles. The number of hydrogen-bond acceptors (Lipinski definition) is 4. The lowest BCUT2D eigenvalue weighted by atomic mass is 10.1. The van der Waals surface area contributed by atoms with Crippen LogP contribution in [0.15, 0.2) is 0 Å². The van der Waals surface area contributed by atoms with Crippen molar-refractivity contribution in [1.82, 2.24) is 16.2 Å². The molecular formula is C7H20N4. The molecule has 0 saturated heterocycles. The van der Waals surface area contributed by atoms with E-state index in [9.17, 15) is 0 Å². The van der Waals surface area contributed by atoms with E-state index in [1.165, 1.54) is 0 Å². The summed E-state index contributed by atoms with van der Waals surface area (Å²) in [7, 11) is 3.84. The maximum Gasteiger partial charge on any atom is 0.0236 e. The van der Waals surface area contributed by atoms with Gasteiger partial charge in [0.2, 0.25) is 0 Å². The molecule has 11 heavy (non-hydrogen) atoms. The van der Waals surface area contributed by atoms with E-state index in [2.05, 4.69) is 16.2 Å². The summed E-state index contributed by atoms with van der Waals surface area (Å²) in [5.41, 5.74) is 11.5. The van der Waals surface area contributed by atoms with E-state index in [0.29, 0.717) is 6.04 Å². The highest BCUT2D eigenvalue weighted by atomic mass is 15.3. The molecule has 68 valence electrons. The van der Waals surface area contributed by atoms with Crippen molar-refractivity contribution in [1.29, 1.82) is 0 Å². The van der Waals surface area contributed by atoms with Crippen LogP contribution in [-0.2, 0) is 0 Å². The Labute approximate surface area is 68.9 Å². The second-order valence-corrected chi connectivity index (χ2v) is 2.56. The predicted octanol–water partition coefficient (Wildman–Crippen LogP) is -0.963. The van der Waals surface area contributed by atoms with E-state index in [1.807, 2.05) is 14.1 Å². The van der Waals surface area contributed by atoms with Gasteiger partial charge >= 0.3 is 0 Å². The number of hydrazine groups is 1. The fourth-order valence-corrected chi connectivity index (χ4v) is 1.01. The summed E-state index contributed by atoms with van der Waals surface area (Å²) >= 11 is 0. The number of hydrogen-bond donors (Lipinski definition) is 4. The number of nitrogens with one attached hydrogen (secondary N) is 3. The quantitative estimate of drug-likeness (QED) is 0.362. The van der Waals surface area contributed by atoms with Gasteiger partial charge in [-0.05, 0) is 40.0 Å². The molecule has 0 rings (SSSR count). The minimum Gasteiger partial charge on any atom is -0.330 e. The molecule has 4 heteroatoms. The Morgan fingerprint density at radius 3 is 2.45 bits per heavy atom. The molecule has 0 aromatic rings. The van der Waals surface area contributed by atoms with E-state index in [4.69, 9.17) is 5.73 Å². The lowest BCUT2D eigenvalue weighted by Crippen LogP contribution is -2.40. The first-order valence-electron chi connectivity index (χ1n) is 4.12. The molecule has 0 fully saturated rings. The van der Waals surface area contributed by atoms with Crippen LogP contribution in [0, 0.1) is 0 Å². The van der Waals surface area contributed by atoms with Crippen molar-refractivity contribution in [3.05, 3.63) is 0 Å². The molecule has 0 aliphatic heterocycles. The molecule has 0 aliphatic rings. The van der Waals surface area contributed by atoms with Gasteiger partial charge in [-0.1, -0.05) is 0 Å². The van der Waals surface area contributed by atoms with Gasteiger partial charge in [-0.3, -0.25) is 10.9 Å². The van der Waals surface area contributed by atoms with E-state index in [0.717, 1.165) is 25.9 Å². The molecule has 1 atom stereocenters. The van der Waals surface area contributed by atoms with Crippen molar-refractivity contribution in [3.63, 3.8) is 0 Å². The van der Waals surface area contributed by atoms with Gasteiger partial charge in [0.1, 0.15) is 0 Å². The molecule has 5 N–H and O–H groups in total. The molecule has 0 heterocycles. The molecule has 0 amide bonds. The molecule has 4 nitrogen and oxygen atoms in total. The van der Waals surface area contributed by atoms with Gasteiger partial charge in [-0.25, -0.2) is 0 Å². The first kappa shape index (κ1) is 10.8. The highest BCUT2D eigenvalue weighted by Gasteiger charge is 2.03. The second-order valence-electron chi connectivity index (χ2n) is 2.56. The van der Waals surface area contributed by atoms with Crippen LogP contribution in [0.4, 0.5) is 0 Å². The fourth-order valence-electron chi connectivity index (χ4n) is 1.01. The maximum absolute atomic E-state index is 5.44. The summed E-state index contributed by atoms with van der Waals surface area (Å²) in [5.74, 6) is 0. The lowest BCUT2D eigenvalue weighted by Gasteiger charge is -2.16. The van der Waals surface area contributed by atoms with E-state index < -0.39 is 0 Å². The van der Waals surface area contributed by atoms with Crippen molar-refractivity contribution in [3.8, 4) is 0 Å². The Hall–Kier alpha value is -0.160. The lowest BCUT2D eigenvalue weighted by molar-refractivity contribution is 0.412. The first-order chi connectivity index (χ1) is 5.35. The zero-order valence-electron chi connectivity index (χ0n) is 7.48. The van der Waals surface area contributed by atoms with Gasteiger partial charge in [0.25, 0.3) is 0 Å². The van der Waals surface area contributed by atoms with Crippen LogP contribution in [-0.4, -0.2) is 33.2 Å². The molecule has 1 unspecified atom stereocenters. The summed E-state index contributed by atoms with van der Waals surface area (Å²) in [6.45, 7) is 1.77. The van der Waals surface area contributed by atoms with Crippen molar-refractivity contribution in [2.45, 2.75) is 18.9 Å². The first-order valence-corrected chi connectivity index (χ1v) is 4.12. The van der Waals surface area contributed by atoms with Crippen LogP contribution < -0.4 is 21.9 Å². The standard InChI is InChI=1S/C7H20N4/c1-9-6-4-7(3-5-8)11-10-2/h7,9-11H,3-6,8H2,1-2H3. The van der Waals surface area contributed by atoms with Crippen molar-refractivity contribution >= 4 is 0 Å². The van der Waals surface area contributed by atoms with Gasteiger partial charge in [-0.2, -0.15) is 0 Å². The van der Waals surface area contributed by atoms with Crippen LogP contribution in [0.2, 0.25) is 0 Å². The monoisotopic (exact) mass is 160 g/mol. The number of rotatable bonds is 7. The van der Waals surface area contributed by atoms with Crippen molar-refractivity contribution < 1.29 is 0 Å². The normalized spacial score (nSPS) is 13.4. The molecule has 0 saturated carbocycles. The Balaban J connectivity index is 3.34. The third kappa shape index (κ3) is 6.25. The topological polar surface area (TPSA) is 62.1 Å². The van der Waals surface area contributed by atoms with Crippen LogP contribution in [0.25, 0.3) is 0 Å². The zero-order chi connectivity index (χ0) is 8.53. The van der Waals surface area contributed by atoms with E-state index in [-0.39, 0.29) is 0 Å². The van der Waals surface area contributed by atoms with Crippen LogP contribution in [0.1, 0.15) is 12.8 Å². The van der Waals surface area contributed by atoms with Gasteiger partial charge in [0, 0.05) is 6.04 Å². The Bertz CT molecular complexity index is 70.8. The Morgan fingerprint density at radius 1 is 1.27 bits per heavy atom. The van der Waals surface area contributed by atoms with Gasteiger partial charge in [0.15, 0.2) is 0 Å². The molecule has 0 bridgehead atoms.